The summed E-state index contributed by atoms with van der Waals surface area (Å²) in [6.07, 6.45) is 3.46. The van der Waals surface area contributed by atoms with E-state index in [0.717, 1.165) is 47.8 Å². The first-order valence-electron chi connectivity index (χ1n) is 10.8. The molecule has 0 aliphatic carbocycles. The van der Waals surface area contributed by atoms with E-state index < -0.39 is 11.9 Å². The van der Waals surface area contributed by atoms with Gasteiger partial charge in [0.15, 0.2) is 0 Å². The summed E-state index contributed by atoms with van der Waals surface area (Å²) < 4.78 is 0. The average Bonchev–Trinajstić information content (AvgIpc) is 3.31. The van der Waals surface area contributed by atoms with Gasteiger partial charge in [-0.05, 0) is 65.9 Å². The second-order valence-electron chi connectivity index (χ2n) is 8.08. The minimum atomic E-state index is -1.19. The Kier molecular flexibility index (Phi) is 6.51. The van der Waals surface area contributed by atoms with Gasteiger partial charge in [0.25, 0.3) is 5.91 Å². The number of hydrogen-bond donors (Lipinski definition) is 3. The number of allylic oxidation sites excluding steroid dienone is 1. The van der Waals surface area contributed by atoms with E-state index in [9.17, 15) is 19.5 Å². The third kappa shape index (κ3) is 5.27. The number of fused-ring (bicyclic) bond motifs is 1. The van der Waals surface area contributed by atoms with Crippen LogP contribution in [0.15, 0.2) is 66.7 Å². The highest BCUT2D eigenvalue weighted by Gasteiger charge is 2.18. The molecule has 0 bridgehead atoms. The molecule has 0 saturated carbocycles. The zero-order valence-corrected chi connectivity index (χ0v) is 18.3. The van der Waals surface area contributed by atoms with Crippen LogP contribution in [0.1, 0.15) is 46.0 Å². The van der Waals surface area contributed by atoms with Gasteiger partial charge in [0.2, 0.25) is 5.91 Å². The van der Waals surface area contributed by atoms with Gasteiger partial charge < -0.3 is 10.4 Å². The van der Waals surface area contributed by atoms with Crippen LogP contribution in [0, 0.1) is 0 Å². The van der Waals surface area contributed by atoms with Crippen molar-refractivity contribution in [1.82, 2.24) is 10.4 Å². The van der Waals surface area contributed by atoms with Crippen molar-refractivity contribution in [3.63, 3.8) is 0 Å². The van der Waals surface area contributed by atoms with E-state index in [4.69, 9.17) is 0 Å². The number of amides is 2. The lowest BCUT2D eigenvalue weighted by molar-refractivity contribution is -0.111. The summed E-state index contributed by atoms with van der Waals surface area (Å²) in [5.74, 6) is -2.00. The lowest BCUT2D eigenvalue weighted by Gasteiger charge is -2.17. The molecule has 1 fully saturated rings. The number of carboxylic acids is 1. The van der Waals surface area contributed by atoms with Gasteiger partial charge in [0.05, 0.1) is 11.3 Å². The van der Waals surface area contributed by atoms with Crippen molar-refractivity contribution in [1.29, 1.82) is 0 Å². The molecule has 33 heavy (non-hydrogen) atoms. The lowest BCUT2D eigenvalue weighted by atomic mass is 10.0. The number of nitrogens with one attached hydrogen (secondary N) is 2. The predicted molar refractivity (Wildman–Crippen MR) is 128 cm³/mol. The van der Waals surface area contributed by atoms with E-state index in [-0.39, 0.29) is 22.7 Å². The quantitative estimate of drug-likeness (QED) is 0.493. The van der Waals surface area contributed by atoms with Crippen LogP contribution in [0.2, 0.25) is 0 Å². The second kappa shape index (κ2) is 9.67. The van der Waals surface area contributed by atoms with E-state index in [1.54, 1.807) is 0 Å². The SMILES string of the molecule is CC(=CC(=O)Nc1cc(C(=O)NN2CCCC2)ccc1C(=O)O)c1ccc2ccccc2c1. The van der Waals surface area contributed by atoms with E-state index in [1.165, 1.54) is 24.3 Å². The molecule has 3 N–H and O–H groups in total. The Balaban J connectivity index is 1.54. The molecule has 2 amide bonds. The standard InChI is InChI=1S/C26H25N3O4/c1-17(19-9-8-18-6-2-3-7-20(18)15-19)14-24(30)27-23-16-21(10-11-22(23)26(32)33)25(31)28-29-12-4-5-13-29/h2-3,6-11,14-16H,4-5,12-13H2,1H3,(H,27,30)(H,28,31)(H,32,33). The maximum atomic E-state index is 12.7. The summed E-state index contributed by atoms with van der Waals surface area (Å²) in [5, 5.41) is 16.2. The molecule has 3 aromatic carbocycles. The van der Waals surface area contributed by atoms with E-state index in [0.29, 0.717) is 0 Å². The fourth-order valence-corrected chi connectivity index (χ4v) is 3.90. The predicted octanol–water partition coefficient (Wildman–Crippen LogP) is 4.32. The lowest BCUT2D eigenvalue weighted by Crippen LogP contribution is -2.40. The molecule has 0 unspecified atom stereocenters. The molecule has 1 aliphatic rings. The molecule has 7 nitrogen and oxygen atoms in total. The van der Waals surface area contributed by atoms with Crippen LogP contribution in [0.25, 0.3) is 16.3 Å². The van der Waals surface area contributed by atoms with Crippen LogP contribution in [0.4, 0.5) is 5.69 Å². The van der Waals surface area contributed by atoms with Gasteiger partial charge in [-0.1, -0.05) is 36.4 Å². The summed E-state index contributed by atoms with van der Waals surface area (Å²) in [6.45, 7) is 3.38. The smallest absolute Gasteiger partial charge is 0.337 e. The topological polar surface area (TPSA) is 98.7 Å². The first-order valence-corrected chi connectivity index (χ1v) is 10.8. The maximum Gasteiger partial charge on any atom is 0.337 e. The Hall–Kier alpha value is -3.97. The summed E-state index contributed by atoms with van der Waals surface area (Å²) in [4.78, 5) is 36.9. The van der Waals surface area contributed by atoms with Crippen molar-refractivity contribution in [2.75, 3.05) is 18.4 Å². The fourth-order valence-electron chi connectivity index (χ4n) is 3.90. The zero-order valence-electron chi connectivity index (χ0n) is 18.3. The fraction of sp³-hybridized carbons (Fsp3) is 0.192. The summed E-state index contributed by atoms with van der Waals surface area (Å²) in [5.41, 5.74) is 4.70. The Labute approximate surface area is 191 Å². The number of anilines is 1. The molecule has 168 valence electrons. The van der Waals surface area contributed by atoms with E-state index >= 15 is 0 Å². The molecule has 1 aliphatic heterocycles. The summed E-state index contributed by atoms with van der Waals surface area (Å²) in [6, 6.07) is 18.0. The van der Waals surface area contributed by atoms with Crippen molar-refractivity contribution in [2.24, 2.45) is 0 Å². The molecule has 7 heteroatoms. The number of carbonyl (C=O) groups is 3. The molecule has 3 aromatic rings. The van der Waals surface area contributed by atoms with Crippen molar-refractivity contribution in [2.45, 2.75) is 19.8 Å². The number of hydrazine groups is 1. The monoisotopic (exact) mass is 443 g/mol. The summed E-state index contributed by atoms with van der Waals surface area (Å²) in [7, 11) is 0. The number of carboxylic acid groups (broad SMARTS) is 1. The van der Waals surface area contributed by atoms with Gasteiger partial charge >= 0.3 is 5.97 Å². The molecule has 4 rings (SSSR count). The number of benzene rings is 3. The molecular weight excluding hydrogens is 418 g/mol. The Morgan fingerprint density at radius 1 is 0.909 bits per heavy atom. The third-order valence-electron chi connectivity index (χ3n) is 5.69. The van der Waals surface area contributed by atoms with Crippen LogP contribution in [-0.4, -0.2) is 41.0 Å². The van der Waals surface area contributed by atoms with Crippen LogP contribution >= 0.6 is 0 Å². The zero-order chi connectivity index (χ0) is 23.4. The van der Waals surface area contributed by atoms with Crippen molar-refractivity contribution < 1.29 is 19.5 Å². The minimum Gasteiger partial charge on any atom is -0.478 e. The van der Waals surface area contributed by atoms with Gasteiger partial charge in [0, 0.05) is 24.7 Å². The Morgan fingerprint density at radius 2 is 1.61 bits per heavy atom. The first kappa shape index (κ1) is 22.2. The highest BCUT2D eigenvalue weighted by atomic mass is 16.4. The van der Waals surface area contributed by atoms with Gasteiger partial charge in [-0.2, -0.15) is 0 Å². The highest BCUT2D eigenvalue weighted by molar-refractivity contribution is 6.08. The number of rotatable bonds is 6. The number of carbonyl (C=O) groups excluding carboxylic acids is 2. The largest absolute Gasteiger partial charge is 0.478 e. The van der Waals surface area contributed by atoms with Gasteiger partial charge in [-0.3, -0.25) is 15.0 Å². The molecule has 0 radical (unpaired) electrons. The van der Waals surface area contributed by atoms with Gasteiger partial charge in [-0.15, -0.1) is 0 Å². The Morgan fingerprint density at radius 3 is 2.33 bits per heavy atom. The Bertz CT molecular complexity index is 1260. The molecule has 1 heterocycles. The van der Waals surface area contributed by atoms with Gasteiger partial charge in [-0.25, -0.2) is 9.80 Å². The second-order valence-corrected chi connectivity index (χ2v) is 8.08. The van der Waals surface area contributed by atoms with Crippen LogP contribution < -0.4 is 10.7 Å². The number of nitrogens with zero attached hydrogens (tertiary/aromatic N) is 1. The molecule has 0 spiro atoms. The van der Waals surface area contributed by atoms with E-state index in [1.807, 2.05) is 54.4 Å². The number of hydrogen-bond acceptors (Lipinski definition) is 4. The minimum absolute atomic E-state index is 0.0733. The van der Waals surface area contributed by atoms with Crippen molar-refractivity contribution >= 4 is 39.8 Å². The molecule has 0 aromatic heterocycles. The van der Waals surface area contributed by atoms with Crippen LogP contribution in [0.3, 0.4) is 0 Å². The highest BCUT2D eigenvalue weighted by Crippen LogP contribution is 2.22. The number of aromatic carboxylic acids is 1. The maximum absolute atomic E-state index is 12.7. The van der Waals surface area contributed by atoms with Gasteiger partial charge in [0.1, 0.15) is 0 Å². The normalized spacial score (nSPS) is 14.3. The third-order valence-corrected chi connectivity index (χ3v) is 5.69. The van der Waals surface area contributed by atoms with Crippen molar-refractivity contribution in [3.05, 3.63) is 83.4 Å². The summed E-state index contributed by atoms with van der Waals surface area (Å²) >= 11 is 0. The van der Waals surface area contributed by atoms with Crippen LogP contribution in [-0.2, 0) is 4.79 Å². The van der Waals surface area contributed by atoms with Crippen molar-refractivity contribution in [3.8, 4) is 0 Å². The molecule has 0 atom stereocenters. The molecule has 1 saturated heterocycles. The average molecular weight is 444 g/mol. The van der Waals surface area contributed by atoms with E-state index in [2.05, 4.69) is 10.7 Å². The molecular formula is C26H25N3O4. The first-order chi connectivity index (χ1) is 15.9. The van der Waals surface area contributed by atoms with Crippen LogP contribution in [0.5, 0.6) is 0 Å².